The molecule has 0 aromatic heterocycles. The molecule has 6 aromatic carbocycles. The van der Waals surface area contributed by atoms with Gasteiger partial charge in [-0.2, -0.15) is 0 Å². The fourth-order valence-corrected chi connectivity index (χ4v) is 6.60. The van der Waals surface area contributed by atoms with Gasteiger partial charge in [-0.1, -0.05) is 121 Å². The van der Waals surface area contributed by atoms with E-state index in [0.29, 0.717) is 0 Å². The molecule has 0 aliphatic rings. The van der Waals surface area contributed by atoms with E-state index in [9.17, 15) is 0 Å². The molecular formula is C39H33AlO4. The van der Waals surface area contributed by atoms with Crippen molar-refractivity contribution in [3.63, 3.8) is 0 Å². The smallest absolute Gasteiger partial charge is 0.611 e. The Morgan fingerprint density at radius 1 is 0.386 bits per heavy atom. The molecule has 0 bridgehead atoms. The first-order valence-electron chi connectivity index (χ1n) is 14.6. The molecule has 0 amide bonds. The summed E-state index contributed by atoms with van der Waals surface area (Å²) in [5, 5.41) is 0. The SMILES string of the molecule is COc1cc(-c2ccccc2)c([O][Al]([CH3])[O]c2c(-c3ccccc3)cc(OC)cc2-c2ccccc2)c(-c2ccccc2)c1. The maximum atomic E-state index is 6.96. The van der Waals surface area contributed by atoms with E-state index in [-0.39, 0.29) is 0 Å². The van der Waals surface area contributed by atoms with Crippen molar-refractivity contribution < 1.29 is 17.1 Å². The summed E-state index contributed by atoms with van der Waals surface area (Å²) in [6.07, 6.45) is 0. The molecule has 0 unspecified atom stereocenters. The second kappa shape index (κ2) is 13.6. The van der Waals surface area contributed by atoms with Gasteiger partial charge in [0.15, 0.2) is 0 Å². The van der Waals surface area contributed by atoms with Gasteiger partial charge in [-0.15, -0.1) is 0 Å². The third-order valence-electron chi connectivity index (χ3n) is 7.50. The lowest BCUT2D eigenvalue weighted by atomic mass is 9.97. The normalized spacial score (nSPS) is 10.6. The van der Waals surface area contributed by atoms with Crippen LogP contribution in [-0.2, 0) is 0 Å². The van der Waals surface area contributed by atoms with Gasteiger partial charge < -0.3 is 17.1 Å². The van der Waals surface area contributed by atoms with Crippen molar-refractivity contribution in [2.45, 2.75) is 5.79 Å². The van der Waals surface area contributed by atoms with Crippen LogP contribution in [0.25, 0.3) is 44.5 Å². The minimum Gasteiger partial charge on any atom is -0.611 e. The maximum Gasteiger partial charge on any atom is 0.853 e. The highest BCUT2D eigenvalue weighted by atomic mass is 27.2. The Balaban J connectivity index is 1.49. The van der Waals surface area contributed by atoms with Crippen LogP contribution in [0.15, 0.2) is 146 Å². The highest BCUT2D eigenvalue weighted by Crippen LogP contribution is 2.45. The summed E-state index contributed by atoms with van der Waals surface area (Å²) in [6, 6.07) is 49.2. The van der Waals surface area contributed by atoms with E-state index in [2.05, 4.69) is 54.3 Å². The van der Waals surface area contributed by atoms with Crippen LogP contribution in [0.4, 0.5) is 0 Å². The van der Waals surface area contributed by atoms with Crippen LogP contribution < -0.4 is 17.1 Å². The van der Waals surface area contributed by atoms with E-state index >= 15 is 0 Å². The predicted molar refractivity (Wildman–Crippen MR) is 181 cm³/mol. The van der Waals surface area contributed by atoms with E-state index in [1.807, 2.05) is 97.1 Å². The highest BCUT2D eigenvalue weighted by molar-refractivity contribution is 6.45. The number of hydrogen-bond acceptors (Lipinski definition) is 4. The molecule has 6 aromatic rings. The van der Waals surface area contributed by atoms with Crippen molar-refractivity contribution in [1.29, 1.82) is 0 Å². The van der Waals surface area contributed by atoms with E-state index in [0.717, 1.165) is 67.5 Å². The molecule has 4 nitrogen and oxygen atoms in total. The first-order chi connectivity index (χ1) is 21.6. The molecule has 0 spiro atoms. The summed E-state index contributed by atoms with van der Waals surface area (Å²) < 4.78 is 25.4. The van der Waals surface area contributed by atoms with Crippen LogP contribution >= 0.6 is 0 Å². The van der Waals surface area contributed by atoms with Crippen LogP contribution in [0.3, 0.4) is 0 Å². The first kappa shape index (κ1) is 29.1. The quantitative estimate of drug-likeness (QED) is 0.148. The number of hydrogen-bond donors (Lipinski definition) is 0. The summed E-state index contributed by atoms with van der Waals surface area (Å²) >= 11 is -2.39. The minimum absolute atomic E-state index is 0.762. The summed E-state index contributed by atoms with van der Waals surface area (Å²) in [6.45, 7) is 0. The largest absolute Gasteiger partial charge is 0.853 e. The molecule has 0 radical (unpaired) electrons. The van der Waals surface area contributed by atoms with Gasteiger partial charge in [0.05, 0.1) is 25.7 Å². The summed E-state index contributed by atoms with van der Waals surface area (Å²) in [5.74, 6) is 5.15. The van der Waals surface area contributed by atoms with Crippen molar-refractivity contribution in [1.82, 2.24) is 0 Å². The van der Waals surface area contributed by atoms with Gasteiger partial charge in [0.25, 0.3) is 0 Å². The molecular weight excluding hydrogens is 559 g/mol. The Labute approximate surface area is 264 Å². The molecule has 0 fully saturated rings. The molecule has 216 valence electrons. The van der Waals surface area contributed by atoms with Crippen molar-refractivity contribution >= 4 is 14.8 Å². The van der Waals surface area contributed by atoms with Crippen molar-refractivity contribution in [3.05, 3.63) is 146 Å². The lowest BCUT2D eigenvalue weighted by Gasteiger charge is -2.24. The summed E-state index contributed by atoms with van der Waals surface area (Å²) in [4.78, 5) is 0. The number of methoxy groups -OCH3 is 2. The van der Waals surface area contributed by atoms with Gasteiger partial charge in [0.2, 0.25) is 0 Å². The lowest BCUT2D eigenvalue weighted by Crippen LogP contribution is -2.27. The maximum absolute atomic E-state index is 6.96. The van der Waals surface area contributed by atoms with Crippen molar-refractivity contribution in [3.8, 4) is 67.5 Å². The average molecular weight is 593 g/mol. The molecule has 5 heteroatoms. The van der Waals surface area contributed by atoms with Crippen LogP contribution in [0.5, 0.6) is 23.0 Å². The third kappa shape index (κ3) is 6.36. The molecule has 44 heavy (non-hydrogen) atoms. The molecule has 0 heterocycles. The Hall–Kier alpha value is -4.95. The van der Waals surface area contributed by atoms with Crippen LogP contribution in [0, 0.1) is 0 Å². The van der Waals surface area contributed by atoms with E-state index in [4.69, 9.17) is 17.1 Å². The second-order valence-electron chi connectivity index (χ2n) is 10.4. The fraction of sp³-hybridized carbons (Fsp3) is 0.0769. The number of ether oxygens (including phenoxy) is 2. The molecule has 0 saturated heterocycles. The minimum atomic E-state index is -2.39. The van der Waals surface area contributed by atoms with Gasteiger partial charge in [-0.05, 0) is 52.3 Å². The number of rotatable bonds is 10. The zero-order valence-electron chi connectivity index (χ0n) is 25.1. The Morgan fingerprint density at radius 3 is 0.864 bits per heavy atom. The summed E-state index contributed by atoms with van der Waals surface area (Å²) in [5.41, 5.74) is 7.97. The Morgan fingerprint density at radius 2 is 0.636 bits per heavy atom. The van der Waals surface area contributed by atoms with Gasteiger partial charge in [-0.3, -0.25) is 0 Å². The summed E-state index contributed by atoms with van der Waals surface area (Å²) in [7, 11) is 3.39. The predicted octanol–water partition coefficient (Wildman–Crippen LogP) is 9.95. The zero-order chi connectivity index (χ0) is 30.3. The first-order valence-corrected chi connectivity index (χ1v) is 16.7. The Bertz CT molecular complexity index is 1570. The monoisotopic (exact) mass is 592 g/mol. The van der Waals surface area contributed by atoms with Gasteiger partial charge in [0.1, 0.15) is 11.5 Å². The second-order valence-corrected chi connectivity index (χ2v) is 12.0. The molecule has 0 N–H and O–H groups in total. The van der Waals surface area contributed by atoms with Gasteiger partial charge in [-0.25, -0.2) is 0 Å². The van der Waals surface area contributed by atoms with E-state index < -0.39 is 14.8 Å². The number of benzene rings is 6. The average Bonchev–Trinajstić information content (AvgIpc) is 3.09. The standard InChI is InChI=1S/2C19H16O2.CH3.Al/c2*1-21-16-12-17(14-8-4-2-5-9-14)19(20)18(13-16)15-10-6-3-7-11-15;;/h2*2-13,20H,1H3;1H3;/q;;;+2/p-2. The molecule has 6 rings (SSSR count). The fourth-order valence-electron chi connectivity index (χ4n) is 5.38. The third-order valence-corrected chi connectivity index (χ3v) is 8.64. The molecule has 0 saturated carbocycles. The lowest BCUT2D eigenvalue weighted by molar-refractivity contribution is 0.410. The zero-order valence-corrected chi connectivity index (χ0v) is 26.2. The van der Waals surface area contributed by atoms with Crippen LogP contribution in [-0.4, -0.2) is 29.0 Å². The van der Waals surface area contributed by atoms with Crippen molar-refractivity contribution in [2.24, 2.45) is 0 Å². The van der Waals surface area contributed by atoms with Crippen molar-refractivity contribution in [2.75, 3.05) is 14.2 Å². The van der Waals surface area contributed by atoms with Gasteiger partial charge in [0, 0.05) is 22.3 Å². The topological polar surface area (TPSA) is 36.9 Å². The van der Waals surface area contributed by atoms with Crippen LogP contribution in [0.2, 0.25) is 5.79 Å². The van der Waals surface area contributed by atoms with E-state index in [1.165, 1.54) is 0 Å². The van der Waals surface area contributed by atoms with Crippen LogP contribution in [0.1, 0.15) is 0 Å². The highest BCUT2D eigenvalue weighted by Gasteiger charge is 2.31. The Kier molecular flexibility index (Phi) is 8.99. The van der Waals surface area contributed by atoms with Gasteiger partial charge >= 0.3 is 14.8 Å². The van der Waals surface area contributed by atoms with E-state index in [1.54, 1.807) is 14.2 Å². The molecule has 0 aliphatic heterocycles. The molecule has 0 aliphatic carbocycles. The molecule has 0 atom stereocenters.